The van der Waals surface area contributed by atoms with Crippen molar-refractivity contribution in [2.24, 2.45) is 5.10 Å². The number of hydrogen-bond donors (Lipinski definition) is 0. The largest absolute Gasteiger partial charge is 0.417 e. The first kappa shape index (κ1) is 21.0. The van der Waals surface area contributed by atoms with Crippen LogP contribution in [-0.4, -0.2) is 23.9 Å². The first-order valence-corrected chi connectivity index (χ1v) is 9.94. The molecule has 2 aromatic rings. The summed E-state index contributed by atoms with van der Waals surface area (Å²) in [5, 5.41) is 15.1. The number of hydrogen-bond acceptors (Lipinski definition) is 3. The molecule has 3 rings (SSSR count). The fourth-order valence-electron chi connectivity index (χ4n) is 3.32. The van der Waals surface area contributed by atoms with Gasteiger partial charge in [-0.1, -0.05) is 51.3 Å². The summed E-state index contributed by atoms with van der Waals surface area (Å²) < 4.78 is 42.9. The minimum Gasteiger partial charge on any atom is -0.280 e. The van der Waals surface area contributed by atoms with Crippen LogP contribution in [0.2, 0.25) is 10.0 Å². The van der Waals surface area contributed by atoms with E-state index in [1.807, 2.05) is 0 Å². The van der Waals surface area contributed by atoms with Crippen LogP contribution in [0.3, 0.4) is 0 Å². The summed E-state index contributed by atoms with van der Waals surface area (Å²) in [6.07, 6.45) is -5.07. The van der Waals surface area contributed by atoms with E-state index in [-0.39, 0.29) is 21.3 Å². The SMILES string of the molecule is CN1N=C(c2ccc(CBr)c(C#N)c2)CC1(c1cc(Cl)cc(Cl)c1)C(F)(F)F. The zero-order chi connectivity index (χ0) is 20.7. The quantitative estimate of drug-likeness (QED) is 0.476. The topological polar surface area (TPSA) is 39.4 Å². The molecule has 0 bridgehead atoms. The van der Waals surface area contributed by atoms with E-state index in [9.17, 15) is 18.4 Å². The summed E-state index contributed by atoms with van der Waals surface area (Å²) in [5.74, 6) is 0. The van der Waals surface area contributed by atoms with Crippen LogP contribution >= 0.6 is 39.1 Å². The van der Waals surface area contributed by atoms with Gasteiger partial charge in [-0.3, -0.25) is 5.01 Å². The third-order valence-electron chi connectivity index (χ3n) is 4.76. The first-order valence-electron chi connectivity index (χ1n) is 8.06. The number of benzene rings is 2. The number of hydrazone groups is 1. The molecule has 2 aromatic carbocycles. The van der Waals surface area contributed by atoms with Gasteiger partial charge in [-0.05, 0) is 41.0 Å². The van der Waals surface area contributed by atoms with Gasteiger partial charge in [0, 0.05) is 28.8 Å². The molecule has 3 nitrogen and oxygen atoms in total. The van der Waals surface area contributed by atoms with E-state index in [1.165, 1.54) is 25.2 Å². The molecule has 0 aliphatic carbocycles. The Morgan fingerprint density at radius 1 is 1.21 bits per heavy atom. The van der Waals surface area contributed by atoms with Gasteiger partial charge in [-0.25, -0.2) is 0 Å². The zero-order valence-corrected chi connectivity index (χ0v) is 17.6. The maximum atomic E-state index is 14.3. The van der Waals surface area contributed by atoms with Gasteiger partial charge in [0.15, 0.2) is 5.54 Å². The highest BCUT2D eigenvalue weighted by molar-refractivity contribution is 9.08. The molecule has 0 fully saturated rings. The lowest BCUT2D eigenvalue weighted by Crippen LogP contribution is -2.50. The highest BCUT2D eigenvalue weighted by Crippen LogP contribution is 2.50. The maximum Gasteiger partial charge on any atom is 0.417 e. The molecule has 1 aliphatic heterocycles. The van der Waals surface area contributed by atoms with E-state index in [0.717, 1.165) is 10.6 Å². The van der Waals surface area contributed by atoms with Gasteiger partial charge in [-0.2, -0.15) is 23.5 Å². The highest BCUT2D eigenvalue weighted by atomic mass is 79.9. The maximum absolute atomic E-state index is 14.3. The molecule has 0 radical (unpaired) electrons. The van der Waals surface area contributed by atoms with Gasteiger partial charge in [0.05, 0.1) is 17.3 Å². The molecule has 146 valence electrons. The lowest BCUT2D eigenvalue weighted by molar-refractivity contribution is -0.227. The van der Waals surface area contributed by atoms with Crippen LogP contribution < -0.4 is 0 Å². The second-order valence-electron chi connectivity index (χ2n) is 6.38. The van der Waals surface area contributed by atoms with Crippen LogP contribution in [0.25, 0.3) is 0 Å². The van der Waals surface area contributed by atoms with Crippen molar-refractivity contribution in [1.29, 1.82) is 5.26 Å². The van der Waals surface area contributed by atoms with Crippen LogP contribution in [0.5, 0.6) is 0 Å². The molecule has 1 heterocycles. The molecular formula is C19H13BrCl2F3N3. The fourth-order valence-corrected chi connectivity index (χ4v) is 4.34. The minimum absolute atomic E-state index is 0.0867. The molecule has 0 saturated carbocycles. The Morgan fingerprint density at radius 2 is 1.86 bits per heavy atom. The molecular weight excluding hydrogens is 478 g/mol. The Bertz CT molecular complexity index is 981. The van der Waals surface area contributed by atoms with Gasteiger partial charge in [0.2, 0.25) is 0 Å². The Hall–Kier alpha value is -1.75. The Balaban J connectivity index is 2.11. The molecule has 1 aliphatic rings. The average Bonchev–Trinajstić information content (AvgIpc) is 2.98. The molecule has 0 saturated heterocycles. The van der Waals surface area contributed by atoms with Gasteiger partial charge >= 0.3 is 6.18 Å². The van der Waals surface area contributed by atoms with E-state index < -0.39 is 18.1 Å². The molecule has 28 heavy (non-hydrogen) atoms. The number of halogens is 6. The predicted molar refractivity (Wildman–Crippen MR) is 107 cm³/mol. The summed E-state index contributed by atoms with van der Waals surface area (Å²) in [6, 6.07) is 10.9. The van der Waals surface area contributed by atoms with Crippen molar-refractivity contribution < 1.29 is 13.2 Å². The lowest BCUT2D eigenvalue weighted by Gasteiger charge is -2.37. The molecule has 0 amide bonds. The average molecular weight is 491 g/mol. The molecule has 0 N–H and O–H groups in total. The molecule has 0 spiro atoms. The van der Waals surface area contributed by atoms with Crippen molar-refractivity contribution in [2.45, 2.75) is 23.5 Å². The summed E-state index contributed by atoms with van der Waals surface area (Å²) in [7, 11) is 1.27. The van der Waals surface area contributed by atoms with Crippen molar-refractivity contribution in [3.8, 4) is 6.07 Å². The second-order valence-corrected chi connectivity index (χ2v) is 7.81. The zero-order valence-electron chi connectivity index (χ0n) is 14.5. The van der Waals surface area contributed by atoms with E-state index >= 15 is 0 Å². The van der Waals surface area contributed by atoms with Gasteiger partial charge in [0.25, 0.3) is 0 Å². The van der Waals surface area contributed by atoms with Crippen molar-refractivity contribution in [3.05, 3.63) is 68.7 Å². The number of alkyl halides is 4. The molecule has 1 unspecified atom stereocenters. The van der Waals surface area contributed by atoms with E-state index in [2.05, 4.69) is 27.1 Å². The molecule has 9 heteroatoms. The van der Waals surface area contributed by atoms with Crippen LogP contribution in [0.15, 0.2) is 41.5 Å². The second kappa shape index (κ2) is 7.58. The number of rotatable bonds is 3. The highest BCUT2D eigenvalue weighted by Gasteiger charge is 2.62. The van der Waals surface area contributed by atoms with E-state index in [4.69, 9.17) is 23.2 Å². The monoisotopic (exact) mass is 489 g/mol. The summed E-state index contributed by atoms with van der Waals surface area (Å²) in [4.78, 5) is 0. The molecule has 0 aromatic heterocycles. The van der Waals surface area contributed by atoms with Gasteiger partial charge in [-0.15, -0.1) is 0 Å². The van der Waals surface area contributed by atoms with Crippen molar-refractivity contribution in [1.82, 2.24) is 5.01 Å². The van der Waals surface area contributed by atoms with E-state index in [1.54, 1.807) is 18.2 Å². The van der Waals surface area contributed by atoms with Crippen LogP contribution in [0, 0.1) is 11.3 Å². The molecule has 1 atom stereocenters. The number of nitriles is 1. The lowest BCUT2D eigenvalue weighted by atomic mass is 9.83. The Kier molecular flexibility index (Phi) is 5.68. The summed E-state index contributed by atoms with van der Waals surface area (Å²) in [6.45, 7) is 0. The smallest absolute Gasteiger partial charge is 0.280 e. The van der Waals surface area contributed by atoms with Crippen LogP contribution in [0.4, 0.5) is 13.2 Å². The standard InChI is InChI=1S/C19H13BrCl2F3N3/c1-28-18(19(23,24)25,14-5-15(21)7-16(22)6-14)8-17(27-28)11-2-3-12(9-20)13(4-11)10-26/h2-7H,8-9H2,1H3. The third-order valence-corrected chi connectivity index (χ3v) is 5.80. The van der Waals surface area contributed by atoms with E-state index in [0.29, 0.717) is 16.5 Å². The summed E-state index contributed by atoms with van der Waals surface area (Å²) in [5.41, 5.74) is -0.660. The first-order chi connectivity index (χ1) is 13.1. The van der Waals surface area contributed by atoms with Crippen LogP contribution in [-0.2, 0) is 10.9 Å². The van der Waals surface area contributed by atoms with Gasteiger partial charge in [0.1, 0.15) is 0 Å². The summed E-state index contributed by atoms with van der Waals surface area (Å²) >= 11 is 15.2. The Labute approximate surface area is 178 Å². The minimum atomic E-state index is -4.64. The number of nitrogens with zero attached hydrogens (tertiary/aromatic N) is 3. The van der Waals surface area contributed by atoms with Crippen LogP contribution in [0.1, 0.15) is 28.7 Å². The third kappa shape index (κ3) is 3.49. The Morgan fingerprint density at radius 3 is 2.39 bits per heavy atom. The van der Waals surface area contributed by atoms with Crippen molar-refractivity contribution in [2.75, 3.05) is 7.05 Å². The normalized spacial score (nSPS) is 19.5. The fraction of sp³-hybridized carbons (Fsp3) is 0.263. The van der Waals surface area contributed by atoms with Gasteiger partial charge < -0.3 is 0 Å². The van der Waals surface area contributed by atoms with Crippen molar-refractivity contribution >= 4 is 44.8 Å². The predicted octanol–water partition coefficient (Wildman–Crippen LogP) is 6.26. The van der Waals surface area contributed by atoms with Crippen molar-refractivity contribution in [3.63, 3.8) is 0 Å².